The Balaban J connectivity index is 1.28. The van der Waals surface area contributed by atoms with Gasteiger partial charge in [0.15, 0.2) is 5.75 Å². The molecule has 0 saturated heterocycles. The lowest BCUT2D eigenvalue weighted by Gasteiger charge is -2.55. The van der Waals surface area contributed by atoms with Gasteiger partial charge in [0, 0.05) is 6.20 Å². The third-order valence-corrected chi connectivity index (χ3v) is 7.33. The number of carbonyl (C=O) groups excluding carboxylic acids is 1. The second kappa shape index (κ2) is 7.47. The van der Waals surface area contributed by atoms with Crippen LogP contribution in [0.15, 0.2) is 42.6 Å². The van der Waals surface area contributed by atoms with Gasteiger partial charge in [0.25, 0.3) is 0 Å². The summed E-state index contributed by atoms with van der Waals surface area (Å²) in [6, 6.07) is 11.9. The molecule has 152 valence electrons. The van der Waals surface area contributed by atoms with Crippen LogP contribution >= 0.6 is 0 Å². The number of aryl methyl sites for hydroxylation is 2. The van der Waals surface area contributed by atoms with E-state index in [1.54, 1.807) is 13.3 Å². The molecule has 0 N–H and O–H groups in total. The standard InChI is InChI=1S/C25H29NO3/c1-28-21-7-4-17(5-8-21)6-9-22-23(3-2-10-26-22)29-24(27)25-14-18-11-19(15-25)13-20(12-18)16-25/h2-5,7-8,10,18-20H,6,9,11-16H2,1H3. The molecule has 4 heteroatoms. The van der Waals surface area contributed by atoms with Crippen LogP contribution in [-0.2, 0) is 17.6 Å². The van der Waals surface area contributed by atoms with E-state index in [9.17, 15) is 4.79 Å². The van der Waals surface area contributed by atoms with Crippen molar-refractivity contribution in [3.8, 4) is 11.5 Å². The smallest absolute Gasteiger partial charge is 0.317 e. The second-order valence-corrected chi connectivity index (χ2v) is 9.38. The van der Waals surface area contributed by atoms with Gasteiger partial charge in [-0.05, 0) is 98.9 Å². The molecule has 0 amide bonds. The molecule has 0 unspecified atom stereocenters. The summed E-state index contributed by atoms with van der Waals surface area (Å²) in [5.74, 6) is 3.69. The summed E-state index contributed by atoms with van der Waals surface area (Å²) in [4.78, 5) is 17.8. The fourth-order valence-corrected chi connectivity index (χ4v) is 6.33. The summed E-state index contributed by atoms with van der Waals surface area (Å²) in [7, 11) is 1.67. The van der Waals surface area contributed by atoms with E-state index < -0.39 is 0 Å². The maximum absolute atomic E-state index is 13.3. The van der Waals surface area contributed by atoms with Crippen molar-refractivity contribution in [3.05, 3.63) is 53.9 Å². The first kappa shape index (κ1) is 18.7. The minimum atomic E-state index is -0.238. The van der Waals surface area contributed by atoms with Gasteiger partial charge in [-0.3, -0.25) is 9.78 Å². The zero-order valence-corrected chi connectivity index (χ0v) is 17.1. The van der Waals surface area contributed by atoms with Crippen molar-refractivity contribution in [3.63, 3.8) is 0 Å². The van der Waals surface area contributed by atoms with Crippen molar-refractivity contribution in [1.29, 1.82) is 0 Å². The molecule has 1 heterocycles. The van der Waals surface area contributed by atoms with E-state index >= 15 is 0 Å². The summed E-state index contributed by atoms with van der Waals surface area (Å²) in [5, 5.41) is 0. The number of carbonyl (C=O) groups is 1. The summed E-state index contributed by atoms with van der Waals surface area (Å²) in [6.45, 7) is 0. The molecule has 6 rings (SSSR count). The minimum absolute atomic E-state index is 0.00435. The van der Waals surface area contributed by atoms with Gasteiger partial charge < -0.3 is 9.47 Å². The monoisotopic (exact) mass is 391 g/mol. The van der Waals surface area contributed by atoms with E-state index in [1.165, 1.54) is 24.8 Å². The average molecular weight is 392 g/mol. The Kier molecular flexibility index (Phi) is 4.81. The number of ether oxygens (including phenoxy) is 2. The molecule has 0 radical (unpaired) electrons. The number of pyridine rings is 1. The summed E-state index contributed by atoms with van der Waals surface area (Å²) in [5.41, 5.74) is 1.84. The van der Waals surface area contributed by atoms with Gasteiger partial charge in [-0.2, -0.15) is 0 Å². The molecule has 1 aromatic heterocycles. The van der Waals surface area contributed by atoms with Crippen molar-refractivity contribution >= 4 is 5.97 Å². The van der Waals surface area contributed by atoms with Gasteiger partial charge >= 0.3 is 5.97 Å². The normalized spacial score (nSPS) is 29.6. The van der Waals surface area contributed by atoms with E-state index in [-0.39, 0.29) is 11.4 Å². The first-order valence-electron chi connectivity index (χ1n) is 10.9. The van der Waals surface area contributed by atoms with Gasteiger partial charge in [-0.15, -0.1) is 0 Å². The molecule has 4 saturated carbocycles. The fraction of sp³-hybridized carbons (Fsp3) is 0.520. The Morgan fingerprint density at radius 2 is 1.66 bits per heavy atom. The van der Waals surface area contributed by atoms with Crippen LogP contribution in [0.3, 0.4) is 0 Å². The number of benzene rings is 1. The zero-order chi connectivity index (χ0) is 19.8. The van der Waals surface area contributed by atoms with Crippen LogP contribution in [0, 0.1) is 23.2 Å². The van der Waals surface area contributed by atoms with Crippen LogP contribution in [0.4, 0.5) is 0 Å². The van der Waals surface area contributed by atoms with Gasteiger partial charge in [-0.1, -0.05) is 12.1 Å². The number of aromatic nitrogens is 1. The van der Waals surface area contributed by atoms with Crippen LogP contribution < -0.4 is 9.47 Å². The summed E-state index contributed by atoms with van der Waals surface area (Å²) >= 11 is 0. The Morgan fingerprint density at radius 3 is 2.28 bits per heavy atom. The molecular formula is C25H29NO3. The average Bonchev–Trinajstić information content (AvgIpc) is 2.72. The van der Waals surface area contributed by atoms with E-state index in [4.69, 9.17) is 9.47 Å². The highest BCUT2D eigenvalue weighted by atomic mass is 16.5. The summed E-state index contributed by atoms with van der Waals surface area (Å²) < 4.78 is 11.3. The highest BCUT2D eigenvalue weighted by Gasteiger charge is 2.55. The highest BCUT2D eigenvalue weighted by molar-refractivity contribution is 5.80. The molecule has 4 aliphatic carbocycles. The van der Waals surface area contributed by atoms with Gasteiger partial charge in [0.05, 0.1) is 18.2 Å². The topological polar surface area (TPSA) is 48.4 Å². The zero-order valence-electron chi connectivity index (χ0n) is 17.1. The Labute approximate surface area is 172 Å². The number of rotatable bonds is 6. The van der Waals surface area contributed by atoms with E-state index in [0.29, 0.717) is 5.75 Å². The SMILES string of the molecule is COc1ccc(CCc2ncccc2OC(=O)C23CC4CC(CC(C4)C2)C3)cc1. The molecular weight excluding hydrogens is 362 g/mol. The Bertz CT molecular complexity index is 854. The molecule has 4 bridgehead atoms. The molecule has 4 fully saturated rings. The minimum Gasteiger partial charge on any atom is -0.497 e. The van der Waals surface area contributed by atoms with E-state index in [2.05, 4.69) is 17.1 Å². The predicted octanol–water partition coefficient (Wildman–Crippen LogP) is 5.00. The van der Waals surface area contributed by atoms with Crippen molar-refractivity contribution < 1.29 is 14.3 Å². The largest absolute Gasteiger partial charge is 0.497 e. The first-order valence-corrected chi connectivity index (χ1v) is 10.9. The lowest BCUT2D eigenvalue weighted by atomic mass is 9.49. The van der Waals surface area contributed by atoms with Crippen molar-refractivity contribution in [2.24, 2.45) is 23.2 Å². The van der Waals surface area contributed by atoms with Gasteiger partial charge in [0.1, 0.15) is 5.75 Å². The van der Waals surface area contributed by atoms with Gasteiger partial charge in [-0.25, -0.2) is 0 Å². The van der Waals surface area contributed by atoms with Crippen LogP contribution in [-0.4, -0.2) is 18.1 Å². The number of hydrogen-bond donors (Lipinski definition) is 0. The highest BCUT2D eigenvalue weighted by Crippen LogP contribution is 2.60. The second-order valence-electron chi connectivity index (χ2n) is 9.38. The number of nitrogens with zero attached hydrogens (tertiary/aromatic N) is 1. The van der Waals surface area contributed by atoms with Crippen molar-refractivity contribution in [1.82, 2.24) is 4.98 Å². The molecule has 0 aliphatic heterocycles. The Morgan fingerprint density at radius 1 is 1.00 bits per heavy atom. The van der Waals surface area contributed by atoms with Crippen molar-refractivity contribution in [2.75, 3.05) is 7.11 Å². The van der Waals surface area contributed by atoms with Crippen LogP contribution in [0.5, 0.6) is 11.5 Å². The lowest BCUT2D eigenvalue weighted by Crippen LogP contribution is -2.51. The van der Waals surface area contributed by atoms with Crippen LogP contribution in [0.1, 0.15) is 49.8 Å². The number of esters is 1. The molecule has 2 aromatic rings. The maximum Gasteiger partial charge on any atom is 0.317 e. The Hall–Kier alpha value is -2.36. The van der Waals surface area contributed by atoms with Crippen LogP contribution in [0.2, 0.25) is 0 Å². The summed E-state index contributed by atoms with van der Waals surface area (Å²) in [6.07, 6.45) is 10.4. The van der Waals surface area contributed by atoms with E-state index in [1.807, 2.05) is 24.3 Å². The lowest BCUT2D eigenvalue weighted by molar-refractivity contribution is -0.161. The fourth-order valence-electron chi connectivity index (χ4n) is 6.33. The number of hydrogen-bond acceptors (Lipinski definition) is 4. The van der Waals surface area contributed by atoms with Gasteiger partial charge in [0.2, 0.25) is 0 Å². The molecule has 4 aliphatic rings. The maximum atomic E-state index is 13.3. The predicted molar refractivity (Wildman–Crippen MR) is 111 cm³/mol. The molecule has 4 nitrogen and oxygen atoms in total. The molecule has 0 atom stereocenters. The number of methoxy groups -OCH3 is 1. The van der Waals surface area contributed by atoms with Crippen LogP contribution in [0.25, 0.3) is 0 Å². The quantitative estimate of drug-likeness (QED) is 0.651. The molecule has 29 heavy (non-hydrogen) atoms. The first-order chi connectivity index (χ1) is 14.1. The third-order valence-electron chi connectivity index (χ3n) is 7.33. The third kappa shape index (κ3) is 3.65. The van der Waals surface area contributed by atoms with E-state index in [0.717, 1.165) is 61.3 Å². The molecule has 0 spiro atoms. The molecule has 1 aromatic carbocycles. The van der Waals surface area contributed by atoms with Crippen molar-refractivity contribution in [2.45, 2.75) is 51.4 Å².